The normalized spacial score (nSPS) is 24.3. The van der Waals surface area contributed by atoms with E-state index in [2.05, 4.69) is 13.8 Å². The molecule has 1 saturated carbocycles. The third-order valence-corrected chi connectivity index (χ3v) is 3.91. The molecule has 2 N–H and O–H groups in total. The van der Waals surface area contributed by atoms with Gasteiger partial charge in [0.05, 0.1) is 6.61 Å². The third-order valence-electron chi connectivity index (χ3n) is 3.91. The van der Waals surface area contributed by atoms with Crippen LogP contribution in [0.4, 0.5) is 0 Å². The van der Waals surface area contributed by atoms with Gasteiger partial charge in [0.2, 0.25) is 5.91 Å². The van der Waals surface area contributed by atoms with Crippen molar-refractivity contribution in [1.29, 1.82) is 0 Å². The number of methoxy groups -OCH3 is 1. The number of amides is 1. The van der Waals surface area contributed by atoms with Crippen molar-refractivity contribution in [2.45, 2.75) is 45.6 Å². The molecule has 0 saturated heterocycles. The average molecular weight is 256 g/mol. The molecular weight excluding hydrogens is 228 g/mol. The first-order valence-corrected chi connectivity index (χ1v) is 7.09. The number of nitrogens with zero attached hydrogens (tertiary/aromatic N) is 1. The number of nitrogens with two attached hydrogens (primary N) is 1. The summed E-state index contributed by atoms with van der Waals surface area (Å²) in [5, 5.41) is 0. The average Bonchev–Trinajstić information content (AvgIpc) is 2.38. The summed E-state index contributed by atoms with van der Waals surface area (Å²) in [5.74, 6) is 0.996. The van der Waals surface area contributed by atoms with E-state index < -0.39 is 0 Å². The lowest BCUT2D eigenvalue weighted by Crippen LogP contribution is -2.44. The van der Waals surface area contributed by atoms with Crippen LogP contribution in [-0.2, 0) is 9.53 Å². The van der Waals surface area contributed by atoms with Crippen LogP contribution in [0.25, 0.3) is 0 Å². The van der Waals surface area contributed by atoms with Crippen molar-refractivity contribution in [3.8, 4) is 0 Å². The predicted octanol–water partition coefficient (Wildman–Crippen LogP) is 1.63. The Hall–Kier alpha value is -0.610. The molecule has 0 aromatic rings. The van der Waals surface area contributed by atoms with Crippen molar-refractivity contribution < 1.29 is 9.53 Å². The van der Waals surface area contributed by atoms with Gasteiger partial charge < -0.3 is 15.4 Å². The maximum absolute atomic E-state index is 12.5. The molecule has 18 heavy (non-hydrogen) atoms. The quantitative estimate of drug-likeness (QED) is 0.786. The fourth-order valence-corrected chi connectivity index (χ4v) is 2.78. The van der Waals surface area contributed by atoms with Gasteiger partial charge in [0.15, 0.2) is 0 Å². The third kappa shape index (κ3) is 4.25. The molecule has 1 aliphatic carbocycles. The van der Waals surface area contributed by atoms with Crippen LogP contribution in [0.3, 0.4) is 0 Å². The molecule has 1 aliphatic rings. The Balaban J connectivity index is 2.58. The first-order chi connectivity index (χ1) is 8.60. The zero-order valence-electron chi connectivity index (χ0n) is 12.0. The van der Waals surface area contributed by atoms with Crippen molar-refractivity contribution in [2.75, 3.05) is 26.8 Å². The number of carbonyl (C=O) groups excluding carboxylic acids is 1. The fraction of sp³-hybridized carbons (Fsp3) is 0.929. The van der Waals surface area contributed by atoms with E-state index in [1.54, 1.807) is 7.11 Å². The monoisotopic (exact) mass is 256 g/mol. The molecule has 1 fully saturated rings. The molecule has 0 aromatic carbocycles. The molecule has 1 rings (SSSR count). The first kappa shape index (κ1) is 15.4. The van der Waals surface area contributed by atoms with Gasteiger partial charge in [-0.05, 0) is 45.6 Å². The minimum atomic E-state index is 0.173. The Morgan fingerprint density at radius 3 is 2.72 bits per heavy atom. The van der Waals surface area contributed by atoms with E-state index in [1.165, 1.54) is 6.42 Å². The molecule has 106 valence electrons. The van der Waals surface area contributed by atoms with Crippen molar-refractivity contribution in [3.05, 3.63) is 0 Å². The van der Waals surface area contributed by atoms with Crippen LogP contribution in [-0.4, -0.2) is 43.7 Å². The predicted molar refractivity (Wildman–Crippen MR) is 73.2 cm³/mol. The van der Waals surface area contributed by atoms with Crippen molar-refractivity contribution in [1.82, 2.24) is 4.90 Å². The maximum Gasteiger partial charge on any atom is 0.226 e. The van der Waals surface area contributed by atoms with Crippen LogP contribution in [0.1, 0.15) is 39.5 Å². The summed E-state index contributed by atoms with van der Waals surface area (Å²) in [6.45, 7) is 6.14. The number of rotatable bonds is 6. The lowest BCUT2D eigenvalue weighted by Gasteiger charge is -2.34. The Morgan fingerprint density at radius 2 is 2.17 bits per heavy atom. The van der Waals surface area contributed by atoms with E-state index in [0.29, 0.717) is 31.5 Å². The van der Waals surface area contributed by atoms with E-state index in [4.69, 9.17) is 10.5 Å². The Morgan fingerprint density at radius 1 is 1.44 bits per heavy atom. The van der Waals surface area contributed by atoms with Crippen LogP contribution in [0, 0.1) is 11.8 Å². The van der Waals surface area contributed by atoms with Gasteiger partial charge in [-0.1, -0.05) is 6.42 Å². The van der Waals surface area contributed by atoms with Gasteiger partial charge in [-0.3, -0.25) is 4.79 Å². The van der Waals surface area contributed by atoms with Gasteiger partial charge in [0.25, 0.3) is 0 Å². The zero-order valence-corrected chi connectivity index (χ0v) is 12.0. The Labute approximate surface area is 111 Å². The van der Waals surface area contributed by atoms with Gasteiger partial charge >= 0.3 is 0 Å². The highest BCUT2D eigenvalue weighted by Crippen LogP contribution is 2.30. The molecule has 0 radical (unpaired) electrons. The second-order valence-electron chi connectivity index (χ2n) is 5.58. The molecule has 2 atom stereocenters. The van der Waals surface area contributed by atoms with Crippen molar-refractivity contribution in [3.63, 3.8) is 0 Å². The van der Waals surface area contributed by atoms with Gasteiger partial charge in [-0.15, -0.1) is 0 Å². The number of ether oxygens (including phenoxy) is 1. The molecule has 0 heterocycles. The minimum Gasteiger partial charge on any atom is -0.383 e. The van der Waals surface area contributed by atoms with E-state index in [1.807, 2.05) is 4.90 Å². The van der Waals surface area contributed by atoms with E-state index in [-0.39, 0.29) is 12.0 Å². The van der Waals surface area contributed by atoms with E-state index in [9.17, 15) is 4.79 Å². The molecule has 0 aromatic heterocycles. The molecule has 1 amide bonds. The molecule has 4 nitrogen and oxygen atoms in total. The summed E-state index contributed by atoms with van der Waals surface area (Å²) in [6.07, 6.45) is 4.30. The summed E-state index contributed by atoms with van der Waals surface area (Å²) >= 11 is 0. The summed E-state index contributed by atoms with van der Waals surface area (Å²) < 4.78 is 5.09. The lowest BCUT2D eigenvalue weighted by molar-refractivity contribution is -0.139. The first-order valence-electron chi connectivity index (χ1n) is 7.09. The highest BCUT2D eigenvalue weighted by atomic mass is 16.5. The zero-order chi connectivity index (χ0) is 13.5. The molecular formula is C14H28N2O2. The SMILES string of the molecule is COCCN(C(=O)C1CCCC(CN)C1)C(C)C. The fourth-order valence-electron chi connectivity index (χ4n) is 2.78. The largest absolute Gasteiger partial charge is 0.383 e. The van der Waals surface area contributed by atoms with Gasteiger partial charge in [-0.2, -0.15) is 0 Å². The van der Waals surface area contributed by atoms with Crippen LogP contribution in [0.5, 0.6) is 0 Å². The summed E-state index contributed by atoms with van der Waals surface area (Å²) in [7, 11) is 1.67. The van der Waals surface area contributed by atoms with Crippen LogP contribution < -0.4 is 5.73 Å². The standard InChI is InChI=1S/C14H28N2O2/c1-11(2)16(7-8-18-3)14(17)13-6-4-5-12(9-13)10-15/h11-13H,4-10,15H2,1-3H3. The molecule has 0 bridgehead atoms. The van der Waals surface area contributed by atoms with Crippen molar-refractivity contribution >= 4 is 5.91 Å². The molecule has 4 heteroatoms. The summed E-state index contributed by atoms with van der Waals surface area (Å²) in [5.41, 5.74) is 5.74. The summed E-state index contributed by atoms with van der Waals surface area (Å²) in [4.78, 5) is 14.5. The van der Waals surface area contributed by atoms with Gasteiger partial charge in [0.1, 0.15) is 0 Å². The lowest BCUT2D eigenvalue weighted by atomic mass is 9.80. The van der Waals surface area contributed by atoms with Gasteiger partial charge in [-0.25, -0.2) is 0 Å². The second-order valence-corrected chi connectivity index (χ2v) is 5.58. The van der Waals surface area contributed by atoms with Gasteiger partial charge in [0, 0.05) is 25.6 Å². The van der Waals surface area contributed by atoms with E-state index in [0.717, 1.165) is 19.3 Å². The molecule has 2 unspecified atom stereocenters. The Bertz CT molecular complexity index is 256. The maximum atomic E-state index is 12.5. The smallest absolute Gasteiger partial charge is 0.226 e. The van der Waals surface area contributed by atoms with Crippen LogP contribution >= 0.6 is 0 Å². The molecule has 0 aliphatic heterocycles. The number of hydrogen-bond acceptors (Lipinski definition) is 3. The minimum absolute atomic E-state index is 0.173. The van der Waals surface area contributed by atoms with E-state index >= 15 is 0 Å². The number of hydrogen-bond donors (Lipinski definition) is 1. The number of carbonyl (C=O) groups is 1. The van der Waals surface area contributed by atoms with Crippen LogP contribution in [0.2, 0.25) is 0 Å². The van der Waals surface area contributed by atoms with Crippen molar-refractivity contribution in [2.24, 2.45) is 17.6 Å². The second kappa shape index (κ2) is 7.74. The topological polar surface area (TPSA) is 55.6 Å². The highest BCUT2D eigenvalue weighted by Gasteiger charge is 2.30. The molecule has 0 spiro atoms. The Kier molecular flexibility index (Phi) is 6.65. The highest BCUT2D eigenvalue weighted by molar-refractivity contribution is 5.79. The summed E-state index contributed by atoms with van der Waals surface area (Å²) in [6, 6.07) is 0.242. The van der Waals surface area contributed by atoms with Crippen LogP contribution in [0.15, 0.2) is 0 Å².